The summed E-state index contributed by atoms with van der Waals surface area (Å²) in [5.74, 6) is 0.565. The van der Waals surface area contributed by atoms with Gasteiger partial charge in [-0.15, -0.1) is 0 Å². The third-order valence-electron chi connectivity index (χ3n) is 4.06. The lowest BCUT2D eigenvalue weighted by Crippen LogP contribution is -2.21. The molecule has 0 aromatic heterocycles. The van der Waals surface area contributed by atoms with Crippen molar-refractivity contribution in [3.8, 4) is 0 Å². The Morgan fingerprint density at radius 1 is 1.30 bits per heavy atom. The zero-order chi connectivity index (χ0) is 15.1. The van der Waals surface area contributed by atoms with E-state index in [9.17, 15) is 0 Å². The van der Waals surface area contributed by atoms with E-state index in [2.05, 4.69) is 52.5 Å². The first kappa shape index (κ1) is 17.0. The maximum Gasteiger partial charge on any atom is 0.00161 e. The lowest BCUT2D eigenvalue weighted by molar-refractivity contribution is 0.452. The fourth-order valence-corrected chi connectivity index (χ4v) is 2.77. The Hall–Kier alpha value is -1.08. The second-order valence-corrected chi connectivity index (χ2v) is 6.32. The monoisotopic (exact) mass is 273 g/mol. The molecule has 0 spiro atoms. The van der Waals surface area contributed by atoms with Crippen molar-refractivity contribution in [2.24, 2.45) is 11.7 Å². The van der Waals surface area contributed by atoms with E-state index < -0.39 is 0 Å². The van der Waals surface area contributed by atoms with E-state index in [-0.39, 0.29) is 6.04 Å². The molecule has 112 valence electrons. The summed E-state index contributed by atoms with van der Waals surface area (Å²) >= 11 is 0. The Kier molecular flexibility index (Phi) is 7.01. The third-order valence-corrected chi connectivity index (χ3v) is 4.06. The molecule has 0 bridgehead atoms. The highest BCUT2D eigenvalue weighted by molar-refractivity contribution is 5.33. The van der Waals surface area contributed by atoms with Crippen molar-refractivity contribution in [2.75, 3.05) is 0 Å². The molecule has 0 fully saturated rings. The van der Waals surface area contributed by atoms with Gasteiger partial charge in [0.05, 0.1) is 0 Å². The van der Waals surface area contributed by atoms with Gasteiger partial charge in [0.15, 0.2) is 0 Å². The fraction of sp³-hybridized carbons (Fsp3) is 0.579. The first-order valence-corrected chi connectivity index (χ1v) is 7.93. The van der Waals surface area contributed by atoms with Crippen LogP contribution in [0.2, 0.25) is 0 Å². The van der Waals surface area contributed by atoms with Gasteiger partial charge in [-0.25, -0.2) is 0 Å². The quantitative estimate of drug-likeness (QED) is 0.667. The molecule has 2 N–H and O–H groups in total. The van der Waals surface area contributed by atoms with Gasteiger partial charge in [-0.05, 0) is 57.1 Å². The minimum Gasteiger partial charge on any atom is -0.328 e. The van der Waals surface area contributed by atoms with Crippen LogP contribution in [0.4, 0.5) is 0 Å². The molecule has 20 heavy (non-hydrogen) atoms. The smallest absolute Gasteiger partial charge is 0.00161 e. The van der Waals surface area contributed by atoms with Crippen LogP contribution in [0.15, 0.2) is 30.4 Å². The second kappa shape index (κ2) is 8.26. The predicted molar refractivity (Wildman–Crippen MR) is 90.0 cm³/mol. The summed E-state index contributed by atoms with van der Waals surface area (Å²) in [4.78, 5) is 0. The molecule has 1 nitrogen and oxygen atoms in total. The van der Waals surface area contributed by atoms with Crippen molar-refractivity contribution < 1.29 is 0 Å². The highest BCUT2D eigenvalue weighted by Gasteiger charge is 2.15. The number of hydrogen-bond acceptors (Lipinski definition) is 1. The van der Waals surface area contributed by atoms with Gasteiger partial charge >= 0.3 is 0 Å². The molecule has 0 saturated heterocycles. The van der Waals surface area contributed by atoms with Crippen LogP contribution in [0, 0.1) is 19.8 Å². The Labute approximate surface area is 125 Å². The second-order valence-electron chi connectivity index (χ2n) is 6.32. The molecule has 0 amide bonds. The number of allylic oxidation sites excluding steroid dienone is 1. The molecule has 2 unspecified atom stereocenters. The van der Waals surface area contributed by atoms with Gasteiger partial charge in [0.2, 0.25) is 0 Å². The van der Waals surface area contributed by atoms with E-state index in [0.717, 1.165) is 12.8 Å². The zero-order valence-electron chi connectivity index (χ0n) is 13.7. The van der Waals surface area contributed by atoms with E-state index in [1.165, 1.54) is 41.5 Å². The first-order valence-electron chi connectivity index (χ1n) is 7.93. The number of aryl methyl sites for hydroxylation is 2. The van der Waals surface area contributed by atoms with Crippen molar-refractivity contribution in [3.05, 3.63) is 47.0 Å². The average Bonchev–Trinajstić information content (AvgIpc) is 2.38. The number of benzene rings is 1. The standard InChI is InChI=1S/C19H31N/c1-6-7-8-18(13-17(5)20)16(4)12-19-11-14(2)9-10-15(19)3/h9-11,17-18H,4,6-8,12-13,20H2,1-3,5H3. The largest absolute Gasteiger partial charge is 0.328 e. The molecule has 0 aliphatic carbocycles. The van der Waals surface area contributed by atoms with Crippen LogP contribution in [-0.4, -0.2) is 6.04 Å². The summed E-state index contributed by atoms with van der Waals surface area (Å²) < 4.78 is 0. The van der Waals surface area contributed by atoms with Gasteiger partial charge < -0.3 is 5.73 Å². The maximum absolute atomic E-state index is 6.01. The van der Waals surface area contributed by atoms with Crippen molar-refractivity contribution in [3.63, 3.8) is 0 Å². The summed E-state index contributed by atoms with van der Waals surface area (Å²) in [7, 11) is 0. The lowest BCUT2D eigenvalue weighted by atomic mass is 9.85. The van der Waals surface area contributed by atoms with E-state index in [1.807, 2.05) is 0 Å². The SMILES string of the molecule is C=C(Cc1cc(C)ccc1C)C(CCCC)CC(C)N. The summed E-state index contributed by atoms with van der Waals surface area (Å²) in [5, 5.41) is 0. The van der Waals surface area contributed by atoms with Crippen LogP contribution in [0.3, 0.4) is 0 Å². The molecule has 1 aromatic carbocycles. The summed E-state index contributed by atoms with van der Waals surface area (Å²) in [6, 6.07) is 6.94. The summed E-state index contributed by atoms with van der Waals surface area (Å²) in [6.07, 6.45) is 5.79. The third kappa shape index (κ3) is 5.50. The van der Waals surface area contributed by atoms with Crippen molar-refractivity contribution in [1.29, 1.82) is 0 Å². The molecule has 0 saturated carbocycles. The van der Waals surface area contributed by atoms with Crippen molar-refractivity contribution in [2.45, 2.75) is 65.8 Å². The van der Waals surface area contributed by atoms with E-state index in [0.29, 0.717) is 5.92 Å². The van der Waals surface area contributed by atoms with Crippen LogP contribution >= 0.6 is 0 Å². The molecular weight excluding hydrogens is 242 g/mol. The van der Waals surface area contributed by atoms with Gasteiger partial charge in [0.1, 0.15) is 0 Å². The molecule has 0 aliphatic heterocycles. The Bertz CT molecular complexity index is 431. The summed E-state index contributed by atoms with van der Waals surface area (Å²) in [6.45, 7) is 13.1. The number of hydrogen-bond donors (Lipinski definition) is 1. The molecule has 2 atom stereocenters. The van der Waals surface area contributed by atoms with Crippen LogP contribution < -0.4 is 5.73 Å². The zero-order valence-corrected chi connectivity index (χ0v) is 13.7. The topological polar surface area (TPSA) is 26.0 Å². The van der Waals surface area contributed by atoms with E-state index >= 15 is 0 Å². The molecule has 0 heterocycles. The molecule has 0 aliphatic rings. The molecule has 1 aromatic rings. The highest BCUT2D eigenvalue weighted by atomic mass is 14.6. The molecule has 0 radical (unpaired) electrons. The van der Waals surface area contributed by atoms with Crippen LogP contribution in [-0.2, 0) is 6.42 Å². The van der Waals surface area contributed by atoms with Crippen LogP contribution in [0.1, 0.15) is 56.2 Å². The van der Waals surface area contributed by atoms with Gasteiger partial charge in [-0.1, -0.05) is 55.7 Å². The minimum absolute atomic E-state index is 0.257. The maximum atomic E-state index is 6.01. The highest BCUT2D eigenvalue weighted by Crippen LogP contribution is 2.26. The molecule has 1 heteroatoms. The number of unbranched alkanes of at least 4 members (excludes halogenated alkanes) is 1. The Morgan fingerprint density at radius 2 is 2.00 bits per heavy atom. The van der Waals surface area contributed by atoms with Crippen LogP contribution in [0.5, 0.6) is 0 Å². The summed E-state index contributed by atoms with van der Waals surface area (Å²) in [5.41, 5.74) is 11.5. The number of nitrogens with two attached hydrogens (primary N) is 1. The fourth-order valence-electron chi connectivity index (χ4n) is 2.77. The average molecular weight is 273 g/mol. The predicted octanol–water partition coefficient (Wildman–Crippen LogP) is 4.95. The van der Waals surface area contributed by atoms with Crippen LogP contribution in [0.25, 0.3) is 0 Å². The number of rotatable bonds is 8. The first-order chi connectivity index (χ1) is 9.43. The Balaban J connectivity index is 2.76. The van der Waals surface area contributed by atoms with E-state index in [1.54, 1.807) is 0 Å². The van der Waals surface area contributed by atoms with Gasteiger partial charge in [0, 0.05) is 6.04 Å². The lowest BCUT2D eigenvalue weighted by Gasteiger charge is -2.22. The van der Waals surface area contributed by atoms with Gasteiger partial charge in [-0.2, -0.15) is 0 Å². The Morgan fingerprint density at radius 3 is 2.60 bits per heavy atom. The normalized spacial score (nSPS) is 14.1. The van der Waals surface area contributed by atoms with E-state index in [4.69, 9.17) is 5.73 Å². The molecular formula is C19H31N. The van der Waals surface area contributed by atoms with Gasteiger partial charge in [0.25, 0.3) is 0 Å². The molecule has 1 rings (SSSR count). The van der Waals surface area contributed by atoms with Gasteiger partial charge in [-0.3, -0.25) is 0 Å². The van der Waals surface area contributed by atoms with Crippen molar-refractivity contribution in [1.82, 2.24) is 0 Å². The van der Waals surface area contributed by atoms with Crippen molar-refractivity contribution >= 4 is 0 Å². The minimum atomic E-state index is 0.257.